The average molecular weight is 441 g/mol. The first-order valence-electron chi connectivity index (χ1n) is 11.5. The summed E-state index contributed by atoms with van der Waals surface area (Å²) in [5.41, 5.74) is 1.54. The van der Waals surface area contributed by atoms with Gasteiger partial charge >= 0.3 is 5.97 Å². The van der Waals surface area contributed by atoms with Crippen LogP contribution in [0.4, 0.5) is 8.78 Å². The van der Waals surface area contributed by atoms with Crippen molar-refractivity contribution < 1.29 is 23.0 Å². The molecule has 0 aliphatic heterocycles. The molecule has 2 aromatic rings. The molecule has 0 saturated heterocycles. The van der Waals surface area contributed by atoms with Crippen LogP contribution in [0.5, 0.6) is 11.5 Å². The Hall–Kier alpha value is -2.69. The van der Waals surface area contributed by atoms with E-state index in [2.05, 4.69) is 19.1 Å². The van der Waals surface area contributed by atoms with Crippen LogP contribution in [0.25, 0.3) is 0 Å². The number of ether oxygens (including phenoxy) is 2. The third-order valence-corrected chi connectivity index (χ3v) is 7.17. The number of carbonyl (C=O) groups is 1. The Bertz CT molecular complexity index is 983. The predicted octanol–water partition coefficient (Wildman–Crippen LogP) is 7.07. The number of carbonyl (C=O) groups excluding carboxylic acids is 1. The average Bonchev–Trinajstić information content (AvgIpc) is 2.82. The number of rotatable bonds is 5. The lowest BCUT2D eigenvalue weighted by Crippen LogP contribution is -2.30. The van der Waals surface area contributed by atoms with Gasteiger partial charge in [-0.2, -0.15) is 8.78 Å². The Morgan fingerprint density at radius 1 is 0.906 bits per heavy atom. The zero-order valence-corrected chi connectivity index (χ0v) is 18.7. The van der Waals surface area contributed by atoms with E-state index >= 15 is 0 Å². The molecule has 170 valence electrons. The quantitative estimate of drug-likeness (QED) is 0.283. The van der Waals surface area contributed by atoms with Crippen molar-refractivity contribution in [3.05, 3.63) is 71.3 Å². The van der Waals surface area contributed by atoms with Crippen LogP contribution < -0.4 is 9.47 Å². The Morgan fingerprint density at radius 3 is 2.28 bits per heavy atom. The van der Waals surface area contributed by atoms with Crippen molar-refractivity contribution in [1.82, 2.24) is 0 Å². The number of allylic oxidation sites excluding steroid dienone is 2. The van der Waals surface area contributed by atoms with E-state index in [0.717, 1.165) is 17.8 Å². The summed E-state index contributed by atoms with van der Waals surface area (Å²) in [4.78, 5) is 12.4. The summed E-state index contributed by atoms with van der Waals surface area (Å²) >= 11 is 0. The highest BCUT2D eigenvalue weighted by Crippen LogP contribution is 2.47. The summed E-state index contributed by atoms with van der Waals surface area (Å²) in [6.45, 7) is 2.11. The lowest BCUT2D eigenvalue weighted by Gasteiger charge is -2.41. The van der Waals surface area contributed by atoms with Crippen molar-refractivity contribution in [3.63, 3.8) is 0 Å². The zero-order valence-electron chi connectivity index (χ0n) is 18.7. The van der Waals surface area contributed by atoms with Gasteiger partial charge in [-0.25, -0.2) is 4.79 Å². The molecule has 2 aliphatic carbocycles. The maximum Gasteiger partial charge on any atom is 0.343 e. The van der Waals surface area contributed by atoms with E-state index in [-0.39, 0.29) is 5.75 Å². The minimum Gasteiger partial charge on any atom is -0.494 e. The molecule has 0 amide bonds. The third-order valence-electron chi connectivity index (χ3n) is 7.17. The summed E-state index contributed by atoms with van der Waals surface area (Å²) in [5, 5.41) is 0. The maximum absolute atomic E-state index is 14.1. The summed E-state index contributed by atoms with van der Waals surface area (Å²) in [5.74, 6) is -0.964. The van der Waals surface area contributed by atoms with Gasteiger partial charge in [0.05, 0.1) is 12.7 Å². The minimum absolute atomic E-state index is 0.239. The Morgan fingerprint density at radius 2 is 1.56 bits per heavy atom. The molecule has 0 radical (unpaired) electrons. The van der Waals surface area contributed by atoms with E-state index in [1.54, 1.807) is 12.1 Å². The number of hydrogen-bond donors (Lipinski definition) is 0. The van der Waals surface area contributed by atoms with Gasteiger partial charge in [0.15, 0.2) is 11.5 Å². The van der Waals surface area contributed by atoms with Crippen LogP contribution in [0, 0.1) is 29.4 Å². The van der Waals surface area contributed by atoms with Crippen LogP contribution in [0.2, 0.25) is 0 Å². The van der Waals surface area contributed by atoms with Gasteiger partial charge in [-0.1, -0.05) is 24.3 Å². The topological polar surface area (TPSA) is 35.5 Å². The van der Waals surface area contributed by atoms with Crippen molar-refractivity contribution in [2.24, 2.45) is 17.8 Å². The first kappa shape index (κ1) is 22.5. The summed E-state index contributed by atoms with van der Waals surface area (Å²) in [7, 11) is 1.24. The van der Waals surface area contributed by atoms with Crippen LogP contribution in [0.3, 0.4) is 0 Å². The monoisotopic (exact) mass is 440 g/mol. The molecule has 4 atom stereocenters. The van der Waals surface area contributed by atoms with Gasteiger partial charge in [0.25, 0.3) is 0 Å². The molecule has 2 aromatic carbocycles. The molecule has 3 nitrogen and oxygen atoms in total. The summed E-state index contributed by atoms with van der Waals surface area (Å²) in [6.07, 6.45) is 12.1. The summed E-state index contributed by atoms with van der Waals surface area (Å²) in [6, 6.07) is 9.78. The number of halogens is 2. The molecular weight excluding hydrogens is 410 g/mol. The Kier molecular flexibility index (Phi) is 6.92. The lowest BCUT2D eigenvalue weighted by atomic mass is 9.64. The van der Waals surface area contributed by atoms with Crippen LogP contribution in [-0.4, -0.2) is 13.1 Å². The molecule has 4 unspecified atom stereocenters. The molecule has 32 heavy (non-hydrogen) atoms. The van der Waals surface area contributed by atoms with E-state index in [9.17, 15) is 13.6 Å². The highest BCUT2D eigenvalue weighted by molar-refractivity contribution is 5.91. The van der Waals surface area contributed by atoms with Crippen LogP contribution in [0.15, 0.2) is 48.6 Å². The van der Waals surface area contributed by atoms with Crippen molar-refractivity contribution in [2.75, 3.05) is 7.11 Å². The molecule has 0 aromatic heterocycles. The predicted molar refractivity (Wildman–Crippen MR) is 120 cm³/mol. The minimum atomic E-state index is -1.24. The van der Waals surface area contributed by atoms with Crippen molar-refractivity contribution >= 4 is 5.97 Å². The van der Waals surface area contributed by atoms with Gasteiger partial charge in [0, 0.05) is 0 Å². The molecule has 0 heterocycles. The highest BCUT2D eigenvalue weighted by Gasteiger charge is 2.35. The second-order valence-electron chi connectivity index (χ2n) is 9.03. The Balaban J connectivity index is 1.38. The van der Waals surface area contributed by atoms with Gasteiger partial charge in [0.2, 0.25) is 11.6 Å². The third kappa shape index (κ3) is 4.72. The first-order valence-corrected chi connectivity index (χ1v) is 11.5. The zero-order chi connectivity index (χ0) is 22.7. The lowest BCUT2D eigenvalue weighted by molar-refractivity contribution is 0.0726. The van der Waals surface area contributed by atoms with Crippen LogP contribution in [-0.2, 0) is 0 Å². The van der Waals surface area contributed by atoms with E-state index in [0.29, 0.717) is 11.5 Å². The van der Waals surface area contributed by atoms with E-state index in [1.807, 2.05) is 12.1 Å². The number of esters is 1. The number of hydrogen-bond acceptors (Lipinski definition) is 3. The maximum atomic E-state index is 14.1. The van der Waals surface area contributed by atoms with Gasteiger partial charge < -0.3 is 9.47 Å². The van der Waals surface area contributed by atoms with Crippen molar-refractivity contribution in [3.8, 4) is 11.5 Å². The molecule has 0 bridgehead atoms. The highest BCUT2D eigenvalue weighted by atomic mass is 19.2. The van der Waals surface area contributed by atoms with Gasteiger partial charge in [-0.05, 0) is 98.9 Å². The molecule has 2 aliphatic rings. The number of fused-ring (bicyclic) bond motifs is 1. The fourth-order valence-corrected chi connectivity index (χ4v) is 5.48. The van der Waals surface area contributed by atoms with Gasteiger partial charge in [-0.15, -0.1) is 0 Å². The summed E-state index contributed by atoms with van der Waals surface area (Å²) < 4.78 is 37.8. The second-order valence-corrected chi connectivity index (χ2v) is 9.03. The molecule has 0 N–H and O–H groups in total. The normalized spacial score (nSPS) is 25.4. The molecule has 0 spiro atoms. The fraction of sp³-hybridized carbons (Fsp3) is 0.444. The molecular formula is C27H30F2O3. The first-order chi connectivity index (χ1) is 15.5. The van der Waals surface area contributed by atoms with Crippen LogP contribution in [0.1, 0.15) is 67.3 Å². The second kappa shape index (κ2) is 9.85. The van der Waals surface area contributed by atoms with E-state index in [4.69, 9.17) is 9.47 Å². The molecule has 5 heteroatoms. The fourth-order valence-electron chi connectivity index (χ4n) is 5.48. The van der Waals surface area contributed by atoms with Gasteiger partial charge in [0.1, 0.15) is 0 Å². The van der Waals surface area contributed by atoms with Gasteiger partial charge in [-0.3, -0.25) is 0 Å². The van der Waals surface area contributed by atoms with Crippen molar-refractivity contribution in [2.45, 2.75) is 51.4 Å². The number of benzene rings is 2. The van der Waals surface area contributed by atoms with E-state index in [1.165, 1.54) is 63.3 Å². The number of methoxy groups -OCH3 is 1. The van der Waals surface area contributed by atoms with E-state index < -0.39 is 23.4 Å². The molecule has 4 rings (SSSR count). The Labute approximate surface area is 188 Å². The smallest absolute Gasteiger partial charge is 0.343 e. The SMILES string of the molecule is C/C=C/C1CCC2CC(c3ccc(C(=O)Oc4ccc(OC)c(F)c4F)cc3)CCC2C1. The van der Waals surface area contributed by atoms with Crippen molar-refractivity contribution in [1.29, 1.82) is 0 Å². The molecule has 2 fully saturated rings. The van der Waals surface area contributed by atoms with Crippen LogP contribution >= 0.6 is 0 Å². The largest absolute Gasteiger partial charge is 0.494 e. The molecule has 2 saturated carbocycles. The standard InChI is InChI=1S/C27H30F2O3/c1-3-4-17-5-6-22-16-21(12-11-20(22)15-17)18-7-9-19(10-8-18)27(30)32-24-14-13-23(31-2)25(28)26(24)29/h3-4,7-10,13-14,17,20-22H,5-6,11-12,15-16H2,1-2H3/b4-3+.